The van der Waals surface area contributed by atoms with Gasteiger partial charge in [-0.3, -0.25) is 11.3 Å². The number of rotatable bonds is 4. The summed E-state index contributed by atoms with van der Waals surface area (Å²) < 4.78 is 0. The van der Waals surface area contributed by atoms with Gasteiger partial charge in [-0.15, -0.1) is 0 Å². The quantitative estimate of drug-likeness (QED) is 0.664. The van der Waals surface area contributed by atoms with Crippen molar-refractivity contribution in [2.45, 2.75) is 38.6 Å². The van der Waals surface area contributed by atoms with Crippen LogP contribution in [-0.4, -0.2) is 0 Å². The van der Waals surface area contributed by atoms with Crippen molar-refractivity contribution in [2.24, 2.45) is 5.84 Å². The monoisotopic (exact) mass is 300 g/mol. The van der Waals surface area contributed by atoms with Crippen LogP contribution in [-0.2, 0) is 19.3 Å². The van der Waals surface area contributed by atoms with Crippen LogP contribution in [0.1, 0.15) is 40.3 Å². The summed E-state index contributed by atoms with van der Waals surface area (Å²) in [4.78, 5) is 0. The molecule has 2 aromatic rings. The van der Waals surface area contributed by atoms with E-state index in [2.05, 4.69) is 29.7 Å². The van der Waals surface area contributed by atoms with E-state index >= 15 is 0 Å². The highest BCUT2D eigenvalue weighted by molar-refractivity contribution is 6.31. The van der Waals surface area contributed by atoms with Gasteiger partial charge in [-0.2, -0.15) is 0 Å². The zero-order chi connectivity index (χ0) is 14.8. The highest BCUT2D eigenvalue weighted by Crippen LogP contribution is 2.26. The molecule has 0 spiro atoms. The van der Waals surface area contributed by atoms with Gasteiger partial charge in [0.2, 0.25) is 0 Å². The van der Waals surface area contributed by atoms with Crippen LogP contribution in [0.25, 0.3) is 0 Å². The average Bonchev–Trinajstić information content (AvgIpc) is 2.95. The van der Waals surface area contributed by atoms with E-state index in [0.29, 0.717) is 0 Å². The minimum atomic E-state index is 0.111. The predicted molar refractivity (Wildman–Crippen MR) is 88.4 cm³/mol. The number of hydrazine groups is 1. The molecule has 0 bridgehead atoms. The van der Waals surface area contributed by atoms with Crippen LogP contribution < -0.4 is 11.3 Å². The molecule has 0 amide bonds. The summed E-state index contributed by atoms with van der Waals surface area (Å²) in [5, 5.41) is 0.798. The average molecular weight is 301 g/mol. The van der Waals surface area contributed by atoms with Gasteiger partial charge in [-0.05, 0) is 66.5 Å². The van der Waals surface area contributed by atoms with Gasteiger partial charge in [0, 0.05) is 11.1 Å². The highest BCUT2D eigenvalue weighted by Gasteiger charge is 2.15. The van der Waals surface area contributed by atoms with Gasteiger partial charge in [0.05, 0.1) is 0 Å². The molecule has 21 heavy (non-hydrogen) atoms. The van der Waals surface area contributed by atoms with Gasteiger partial charge < -0.3 is 0 Å². The number of aryl methyl sites for hydroxylation is 3. The van der Waals surface area contributed by atoms with Crippen LogP contribution in [0.2, 0.25) is 5.02 Å². The lowest BCUT2D eigenvalue weighted by Crippen LogP contribution is -2.29. The zero-order valence-corrected chi connectivity index (χ0v) is 13.1. The van der Waals surface area contributed by atoms with Crippen LogP contribution in [0.5, 0.6) is 0 Å². The third-order valence-corrected chi connectivity index (χ3v) is 4.81. The minimum absolute atomic E-state index is 0.111. The lowest BCUT2D eigenvalue weighted by Gasteiger charge is -2.18. The molecule has 3 heteroatoms. The molecule has 2 nitrogen and oxygen atoms in total. The van der Waals surface area contributed by atoms with Crippen LogP contribution in [0.15, 0.2) is 36.4 Å². The van der Waals surface area contributed by atoms with Gasteiger partial charge in [-0.25, -0.2) is 0 Å². The summed E-state index contributed by atoms with van der Waals surface area (Å²) in [7, 11) is 0. The summed E-state index contributed by atoms with van der Waals surface area (Å²) in [6.45, 7) is 2.02. The van der Waals surface area contributed by atoms with Crippen molar-refractivity contribution < 1.29 is 0 Å². The Morgan fingerprint density at radius 1 is 1.14 bits per heavy atom. The summed E-state index contributed by atoms with van der Waals surface area (Å²) in [6, 6.07) is 13.1. The van der Waals surface area contributed by atoms with E-state index in [-0.39, 0.29) is 6.04 Å². The third kappa shape index (κ3) is 3.13. The summed E-state index contributed by atoms with van der Waals surface area (Å²) >= 11 is 6.10. The Balaban J connectivity index is 1.82. The van der Waals surface area contributed by atoms with Gasteiger partial charge in [-0.1, -0.05) is 41.9 Å². The number of benzene rings is 2. The molecule has 0 radical (unpaired) electrons. The normalized spacial score (nSPS) is 15.0. The van der Waals surface area contributed by atoms with Crippen LogP contribution in [0, 0.1) is 6.92 Å². The molecule has 0 aromatic heterocycles. The molecule has 3 rings (SSSR count). The standard InChI is InChI=1S/C18H21ClN2/c1-12-9-16(7-8-17(12)19)18(21-20)11-13-5-6-14-3-2-4-15(14)10-13/h5-10,18,21H,2-4,11,20H2,1H3. The molecule has 1 unspecified atom stereocenters. The van der Waals surface area contributed by atoms with E-state index in [0.717, 1.165) is 17.0 Å². The van der Waals surface area contributed by atoms with Crippen molar-refractivity contribution in [1.82, 2.24) is 5.43 Å². The lowest BCUT2D eigenvalue weighted by atomic mass is 9.96. The van der Waals surface area contributed by atoms with Crippen molar-refractivity contribution in [3.63, 3.8) is 0 Å². The van der Waals surface area contributed by atoms with Crippen molar-refractivity contribution in [3.8, 4) is 0 Å². The summed E-state index contributed by atoms with van der Waals surface area (Å²) in [5.41, 5.74) is 9.57. The first-order valence-electron chi connectivity index (χ1n) is 7.50. The molecule has 0 aliphatic heterocycles. The number of hydrogen-bond donors (Lipinski definition) is 2. The first-order chi connectivity index (χ1) is 10.2. The van der Waals surface area contributed by atoms with E-state index in [1.807, 2.05) is 19.1 Å². The molecule has 0 saturated heterocycles. The number of nitrogens with one attached hydrogen (secondary N) is 1. The Morgan fingerprint density at radius 3 is 2.71 bits per heavy atom. The predicted octanol–water partition coefficient (Wildman–Crippen LogP) is 3.88. The summed E-state index contributed by atoms with van der Waals surface area (Å²) in [6.07, 6.45) is 4.62. The van der Waals surface area contributed by atoms with Gasteiger partial charge in [0.25, 0.3) is 0 Å². The fourth-order valence-corrected chi connectivity index (χ4v) is 3.26. The minimum Gasteiger partial charge on any atom is -0.271 e. The second-order valence-electron chi connectivity index (χ2n) is 5.89. The Morgan fingerprint density at radius 2 is 1.95 bits per heavy atom. The Hall–Kier alpha value is -1.35. The molecule has 110 valence electrons. The van der Waals surface area contributed by atoms with Crippen molar-refractivity contribution >= 4 is 11.6 Å². The maximum Gasteiger partial charge on any atom is 0.0500 e. The van der Waals surface area contributed by atoms with Crippen LogP contribution >= 0.6 is 11.6 Å². The Labute approximate surface area is 131 Å². The first-order valence-corrected chi connectivity index (χ1v) is 7.88. The molecule has 2 aromatic carbocycles. The lowest BCUT2D eigenvalue weighted by molar-refractivity contribution is 0.551. The van der Waals surface area contributed by atoms with E-state index in [9.17, 15) is 0 Å². The molecule has 0 heterocycles. The van der Waals surface area contributed by atoms with Gasteiger partial charge in [0.15, 0.2) is 0 Å². The molecule has 1 atom stereocenters. The highest BCUT2D eigenvalue weighted by atomic mass is 35.5. The Bertz CT molecular complexity index is 652. The number of hydrogen-bond acceptors (Lipinski definition) is 2. The third-order valence-electron chi connectivity index (χ3n) is 4.39. The number of fused-ring (bicyclic) bond motifs is 1. The fraction of sp³-hybridized carbons (Fsp3) is 0.333. The van der Waals surface area contributed by atoms with E-state index in [1.165, 1.54) is 41.5 Å². The van der Waals surface area contributed by atoms with Crippen molar-refractivity contribution in [2.75, 3.05) is 0 Å². The van der Waals surface area contributed by atoms with Crippen molar-refractivity contribution in [1.29, 1.82) is 0 Å². The molecule has 0 saturated carbocycles. The zero-order valence-electron chi connectivity index (χ0n) is 12.3. The SMILES string of the molecule is Cc1cc(C(Cc2ccc3c(c2)CCC3)NN)ccc1Cl. The van der Waals surface area contributed by atoms with Crippen LogP contribution in [0.3, 0.4) is 0 Å². The van der Waals surface area contributed by atoms with E-state index in [1.54, 1.807) is 0 Å². The van der Waals surface area contributed by atoms with E-state index < -0.39 is 0 Å². The van der Waals surface area contributed by atoms with Gasteiger partial charge >= 0.3 is 0 Å². The maximum atomic E-state index is 6.10. The smallest absolute Gasteiger partial charge is 0.0500 e. The van der Waals surface area contributed by atoms with Crippen molar-refractivity contribution in [3.05, 3.63) is 69.2 Å². The molecular formula is C18H21ClN2. The summed E-state index contributed by atoms with van der Waals surface area (Å²) in [5.74, 6) is 5.77. The fourth-order valence-electron chi connectivity index (χ4n) is 3.15. The first kappa shape index (κ1) is 14.6. The largest absolute Gasteiger partial charge is 0.271 e. The maximum absolute atomic E-state index is 6.10. The van der Waals surface area contributed by atoms with E-state index in [4.69, 9.17) is 17.4 Å². The van der Waals surface area contributed by atoms with Crippen LogP contribution in [0.4, 0.5) is 0 Å². The number of halogens is 1. The van der Waals surface area contributed by atoms with Gasteiger partial charge in [0.1, 0.15) is 0 Å². The molecule has 3 N–H and O–H groups in total. The number of nitrogens with two attached hydrogens (primary N) is 1. The molecule has 1 aliphatic carbocycles. The topological polar surface area (TPSA) is 38.0 Å². The molecule has 0 fully saturated rings. The second kappa shape index (κ2) is 6.18. The molecule has 1 aliphatic rings. The second-order valence-corrected chi connectivity index (χ2v) is 6.30. The Kier molecular flexibility index (Phi) is 4.29. The molecular weight excluding hydrogens is 280 g/mol.